The first-order valence-corrected chi connectivity index (χ1v) is 18.9. The molecule has 51 heavy (non-hydrogen) atoms. The Labute approximate surface area is 314 Å². The fourth-order valence-corrected chi connectivity index (χ4v) is 8.47. The molecule has 2 aliphatic heterocycles. The van der Waals surface area contributed by atoms with Gasteiger partial charge in [-0.1, -0.05) is 65.1 Å². The summed E-state index contributed by atoms with van der Waals surface area (Å²) in [5.74, 6) is 0.627. The maximum Gasteiger partial charge on any atom is 0.317 e. The van der Waals surface area contributed by atoms with Crippen molar-refractivity contribution >= 4 is 51.7 Å². The largest absolute Gasteiger partial charge is 0.336 e. The van der Waals surface area contributed by atoms with Gasteiger partial charge in [0, 0.05) is 60.4 Å². The monoisotopic (exact) mass is 745 g/mol. The van der Waals surface area contributed by atoms with E-state index in [1.807, 2.05) is 54.4 Å². The number of nitrogens with one attached hydrogen (secondary N) is 2. The first-order valence-electron chi connectivity index (χ1n) is 17.8. The quantitative estimate of drug-likeness (QED) is 0.174. The molecule has 0 radical (unpaired) electrons. The van der Waals surface area contributed by atoms with Crippen LogP contribution in [0.5, 0.6) is 0 Å². The molecule has 0 saturated carbocycles. The number of carbonyl (C=O) groups is 1. The van der Waals surface area contributed by atoms with Gasteiger partial charge in [-0.3, -0.25) is 0 Å². The lowest BCUT2D eigenvalue weighted by molar-refractivity contribution is 0.181. The predicted octanol–water partition coefficient (Wildman–Crippen LogP) is 9.81. The van der Waals surface area contributed by atoms with E-state index in [-0.39, 0.29) is 11.8 Å². The molecule has 1 aromatic heterocycles. The predicted molar refractivity (Wildman–Crippen MR) is 207 cm³/mol. The standard InChI is InChI=1S/C24H26ClFN4O.C17H17Cl2N/c25-18-1-6-23-21(15-18)22(16-30(23)20-4-2-19(26)3-5-20)17-7-10-28(11-8-17)13-14-29-12-9-27-24(29)31;1-20-17-9-7-12(13-4-2-3-5-14(13)17)11-6-8-15(18)16(19)10-11/h1-6,15-17H,7-14H2,(H,27,31);2-6,8,10,12,17,20H,7,9H2,1H3/t;12-,17-/m.0/s1. The number of hydrogen-bond donors (Lipinski definition) is 2. The lowest BCUT2D eigenvalue weighted by Crippen LogP contribution is -2.40. The number of benzene rings is 4. The van der Waals surface area contributed by atoms with Crippen molar-refractivity contribution in [2.75, 3.05) is 46.3 Å². The Bertz CT molecular complexity index is 1990. The second kappa shape index (κ2) is 16.0. The number of urea groups is 1. The molecule has 2 amide bonds. The van der Waals surface area contributed by atoms with Gasteiger partial charge in [-0.05, 0) is 129 Å². The number of amides is 2. The van der Waals surface area contributed by atoms with E-state index in [0.717, 1.165) is 81.2 Å². The summed E-state index contributed by atoms with van der Waals surface area (Å²) in [5.41, 5.74) is 7.39. The van der Waals surface area contributed by atoms with E-state index < -0.39 is 0 Å². The summed E-state index contributed by atoms with van der Waals surface area (Å²) in [6.45, 7) is 5.30. The zero-order chi connectivity index (χ0) is 35.5. The number of halogens is 4. The average Bonchev–Trinajstić information content (AvgIpc) is 3.74. The van der Waals surface area contributed by atoms with Gasteiger partial charge in [0.15, 0.2) is 0 Å². The SMILES string of the molecule is CN[C@H]1CC[C@@H](c2ccc(Cl)c(Cl)c2)c2ccccc21.O=C1NCCN1CCN1CCC(c2cn(-c3ccc(F)cc3)c3ccc(Cl)cc23)CC1. The topological polar surface area (TPSA) is 52.5 Å². The molecule has 10 heteroatoms. The fraction of sp³-hybridized carbons (Fsp3) is 0.341. The molecule has 4 aromatic carbocycles. The van der Waals surface area contributed by atoms with Crippen LogP contribution in [0.15, 0.2) is 91.1 Å². The molecular formula is C41H43Cl3FN5O. The van der Waals surface area contributed by atoms with Crippen LogP contribution in [0.4, 0.5) is 9.18 Å². The Balaban J connectivity index is 0.000000175. The van der Waals surface area contributed by atoms with Gasteiger partial charge in [-0.15, -0.1) is 0 Å². The van der Waals surface area contributed by atoms with Crippen molar-refractivity contribution in [3.05, 3.63) is 134 Å². The van der Waals surface area contributed by atoms with E-state index in [0.29, 0.717) is 27.9 Å². The van der Waals surface area contributed by atoms with Crippen molar-refractivity contribution in [3.63, 3.8) is 0 Å². The van der Waals surface area contributed by atoms with Crippen molar-refractivity contribution in [2.45, 2.75) is 43.6 Å². The fourth-order valence-electron chi connectivity index (χ4n) is 7.99. The van der Waals surface area contributed by atoms with Crippen LogP contribution in [0.2, 0.25) is 15.1 Å². The molecule has 0 spiro atoms. The second-order valence-electron chi connectivity index (χ2n) is 13.7. The summed E-state index contributed by atoms with van der Waals surface area (Å²) in [7, 11) is 2.03. The number of carbonyl (C=O) groups excluding carboxylic acids is 1. The Hall–Kier alpha value is -3.59. The highest BCUT2D eigenvalue weighted by molar-refractivity contribution is 6.42. The van der Waals surface area contributed by atoms with Crippen LogP contribution in [-0.2, 0) is 0 Å². The van der Waals surface area contributed by atoms with Crippen LogP contribution < -0.4 is 10.6 Å². The van der Waals surface area contributed by atoms with Gasteiger partial charge in [-0.25, -0.2) is 9.18 Å². The van der Waals surface area contributed by atoms with E-state index in [9.17, 15) is 9.18 Å². The number of piperidine rings is 1. The van der Waals surface area contributed by atoms with E-state index in [2.05, 4.69) is 56.6 Å². The third-order valence-corrected chi connectivity index (χ3v) is 11.7. The molecule has 266 valence electrons. The molecule has 0 unspecified atom stereocenters. The molecule has 1 aliphatic carbocycles. The summed E-state index contributed by atoms with van der Waals surface area (Å²) in [6.07, 6.45) is 6.60. The Morgan fingerprint density at radius 3 is 2.27 bits per heavy atom. The minimum Gasteiger partial charge on any atom is -0.336 e. The molecule has 3 heterocycles. The van der Waals surface area contributed by atoms with Gasteiger partial charge < -0.3 is 25.0 Å². The molecule has 3 aliphatic rings. The van der Waals surface area contributed by atoms with Crippen molar-refractivity contribution in [1.82, 2.24) is 25.0 Å². The molecule has 2 fully saturated rings. The number of fused-ring (bicyclic) bond motifs is 2. The van der Waals surface area contributed by atoms with E-state index in [1.54, 1.807) is 0 Å². The molecule has 2 atom stereocenters. The highest BCUT2D eigenvalue weighted by Gasteiger charge is 2.28. The maximum absolute atomic E-state index is 13.4. The minimum absolute atomic E-state index is 0.0559. The van der Waals surface area contributed by atoms with Crippen molar-refractivity contribution in [3.8, 4) is 5.69 Å². The molecule has 0 bridgehead atoms. The van der Waals surface area contributed by atoms with Crippen LogP contribution in [-0.4, -0.2) is 66.7 Å². The first-order chi connectivity index (χ1) is 24.8. The van der Waals surface area contributed by atoms with Crippen LogP contribution in [0, 0.1) is 5.82 Å². The zero-order valence-corrected chi connectivity index (χ0v) is 31.0. The summed E-state index contributed by atoms with van der Waals surface area (Å²) in [4.78, 5) is 16.1. The molecule has 8 rings (SSSR count). The van der Waals surface area contributed by atoms with Crippen LogP contribution in [0.1, 0.15) is 65.8 Å². The molecular weight excluding hydrogens is 704 g/mol. The lowest BCUT2D eigenvalue weighted by atomic mass is 9.77. The van der Waals surface area contributed by atoms with Gasteiger partial charge >= 0.3 is 6.03 Å². The Morgan fingerprint density at radius 1 is 0.804 bits per heavy atom. The smallest absolute Gasteiger partial charge is 0.317 e. The number of likely N-dealkylation sites (tertiary alicyclic amines) is 1. The molecule has 2 saturated heterocycles. The molecule has 5 aromatic rings. The van der Waals surface area contributed by atoms with Gasteiger partial charge in [0.2, 0.25) is 0 Å². The average molecular weight is 747 g/mol. The van der Waals surface area contributed by atoms with Gasteiger partial charge in [0.25, 0.3) is 0 Å². The van der Waals surface area contributed by atoms with Gasteiger partial charge in [0.05, 0.1) is 15.6 Å². The molecule has 2 N–H and O–H groups in total. The second-order valence-corrected chi connectivity index (χ2v) is 15.0. The van der Waals surface area contributed by atoms with Crippen LogP contribution in [0.25, 0.3) is 16.6 Å². The van der Waals surface area contributed by atoms with Gasteiger partial charge in [-0.2, -0.15) is 0 Å². The highest BCUT2D eigenvalue weighted by Crippen LogP contribution is 2.42. The number of rotatable bonds is 7. The normalized spacial score (nSPS) is 19.5. The van der Waals surface area contributed by atoms with Crippen molar-refractivity contribution in [2.24, 2.45) is 0 Å². The van der Waals surface area contributed by atoms with Crippen molar-refractivity contribution in [1.29, 1.82) is 0 Å². The van der Waals surface area contributed by atoms with Gasteiger partial charge in [0.1, 0.15) is 5.82 Å². The summed E-state index contributed by atoms with van der Waals surface area (Å²) in [5, 5.41) is 9.42. The first kappa shape index (κ1) is 35.8. The zero-order valence-electron chi connectivity index (χ0n) is 28.7. The van der Waals surface area contributed by atoms with Crippen LogP contribution in [0.3, 0.4) is 0 Å². The van der Waals surface area contributed by atoms with E-state index in [4.69, 9.17) is 34.8 Å². The Kier molecular flexibility index (Phi) is 11.2. The number of aromatic nitrogens is 1. The van der Waals surface area contributed by atoms with E-state index in [1.165, 1.54) is 39.8 Å². The summed E-state index contributed by atoms with van der Waals surface area (Å²) < 4.78 is 15.6. The third-order valence-electron chi connectivity index (χ3n) is 10.7. The third kappa shape index (κ3) is 7.93. The highest BCUT2D eigenvalue weighted by atomic mass is 35.5. The van der Waals surface area contributed by atoms with Crippen LogP contribution >= 0.6 is 34.8 Å². The van der Waals surface area contributed by atoms with E-state index >= 15 is 0 Å². The Morgan fingerprint density at radius 2 is 1.57 bits per heavy atom. The maximum atomic E-state index is 13.4. The summed E-state index contributed by atoms with van der Waals surface area (Å²) in [6, 6.07) is 27.8. The molecule has 6 nitrogen and oxygen atoms in total. The number of nitrogens with zero attached hydrogens (tertiary/aromatic N) is 3. The summed E-state index contributed by atoms with van der Waals surface area (Å²) >= 11 is 18.5. The number of hydrogen-bond acceptors (Lipinski definition) is 3. The minimum atomic E-state index is -0.234. The lowest BCUT2D eigenvalue weighted by Gasteiger charge is -2.32. The van der Waals surface area contributed by atoms with Crippen molar-refractivity contribution < 1.29 is 9.18 Å².